The molecule has 42 valence electrons. The minimum atomic E-state index is 1.17. The second-order valence-corrected chi connectivity index (χ2v) is 2.55. The van der Waals surface area contributed by atoms with E-state index in [1.165, 1.54) is 11.5 Å². The second-order valence-electron chi connectivity index (χ2n) is 1.23. The smallest absolute Gasteiger partial charge is 0.0113 e. The van der Waals surface area contributed by atoms with Crippen LogP contribution < -0.4 is 0 Å². The van der Waals surface area contributed by atoms with Gasteiger partial charge in [0.2, 0.25) is 0 Å². The SMILES string of the molecule is CC=CCSCC. The standard InChI is InChI=1S/C6H12S/c1-3-5-6-7-4-2/h3,5H,4,6H2,1-2H3. The number of allylic oxidation sites excluding steroid dienone is 1. The van der Waals surface area contributed by atoms with Crippen LogP contribution in [0.15, 0.2) is 12.2 Å². The van der Waals surface area contributed by atoms with E-state index in [0.717, 1.165) is 0 Å². The maximum atomic E-state index is 2.17. The molecule has 0 rings (SSSR count). The van der Waals surface area contributed by atoms with Gasteiger partial charge < -0.3 is 0 Å². The zero-order valence-electron chi connectivity index (χ0n) is 4.98. The molecule has 0 amide bonds. The van der Waals surface area contributed by atoms with Crippen molar-refractivity contribution in [2.24, 2.45) is 0 Å². The Morgan fingerprint density at radius 2 is 2.29 bits per heavy atom. The Balaban J connectivity index is 2.69. The highest BCUT2D eigenvalue weighted by Gasteiger charge is 1.72. The highest BCUT2D eigenvalue weighted by atomic mass is 32.2. The number of hydrogen-bond donors (Lipinski definition) is 0. The minimum Gasteiger partial charge on any atom is -0.158 e. The molecule has 0 saturated heterocycles. The number of hydrogen-bond acceptors (Lipinski definition) is 1. The van der Waals surface area contributed by atoms with Gasteiger partial charge in [-0.3, -0.25) is 0 Å². The lowest BCUT2D eigenvalue weighted by Crippen LogP contribution is -1.68. The summed E-state index contributed by atoms with van der Waals surface area (Å²) < 4.78 is 0. The Morgan fingerprint density at radius 3 is 2.71 bits per heavy atom. The van der Waals surface area contributed by atoms with Crippen LogP contribution >= 0.6 is 11.8 Å². The van der Waals surface area contributed by atoms with Gasteiger partial charge in [0, 0.05) is 5.75 Å². The Morgan fingerprint density at radius 1 is 1.57 bits per heavy atom. The van der Waals surface area contributed by atoms with E-state index in [4.69, 9.17) is 0 Å². The van der Waals surface area contributed by atoms with E-state index in [2.05, 4.69) is 26.0 Å². The molecule has 0 aliphatic heterocycles. The molecule has 0 nitrogen and oxygen atoms in total. The van der Waals surface area contributed by atoms with Crippen molar-refractivity contribution >= 4 is 11.8 Å². The molecule has 0 bridgehead atoms. The molecular formula is C6H12S. The summed E-state index contributed by atoms with van der Waals surface area (Å²) in [4.78, 5) is 0. The Kier molecular flexibility index (Phi) is 6.17. The van der Waals surface area contributed by atoms with E-state index in [-0.39, 0.29) is 0 Å². The van der Waals surface area contributed by atoms with Gasteiger partial charge in [-0.15, -0.1) is 0 Å². The van der Waals surface area contributed by atoms with Crippen LogP contribution in [0.3, 0.4) is 0 Å². The van der Waals surface area contributed by atoms with Crippen LogP contribution in [0.2, 0.25) is 0 Å². The summed E-state index contributed by atoms with van der Waals surface area (Å²) >= 11 is 1.95. The van der Waals surface area contributed by atoms with Crippen LogP contribution in [-0.2, 0) is 0 Å². The topological polar surface area (TPSA) is 0 Å². The van der Waals surface area contributed by atoms with Crippen LogP contribution in [0.1, 0.15) is 13.8 Å². The largest absolute Gasteiger partial charge is 0.158 e. The van der Waals surface area contributed by atoms with Crippen molar-refractivity contribution in [2.45, 2.75) is 13.8 Å². The lowest BCUT2D eigenvalue weighted by Gasteiger charge is -1.84. The van der Waals surface area contributed by atoms with E-state index in [9.17, 15) is 0 Å². The molecule has 0 aromatic heterocycles. The third kappa shape index (κ3) is 6.09. The molecule has 0 aliphatic rings. The van der Waals surface area contributed by atoms with Gasteiger partial charge in [-0.05, 0) is 12.7 Å². The summed E-state index contributed by atoms with van der Waals surface area (Å²) in [5.41, 5.74) is 0. The summed E-state index contributed by atoms with van der Waals surface area (Å²) in [6.07, 6.45) is 4.26. The molecule has 0 saturated carbocycles. The van der Waals surface area contributed by atoms with Crippen LogP contribution in [0.25, 0.3) is 0 Å². The molecule has 0 spiro atoms. The summed E-state index contributed by atoms with van der Waals surface area (Å²) in [6.45, 7) is 4.23. The van der Waals surface area contributed by atoms with Crippen LogP contribution in [-0.4, -0.2) is 11.5 Å². The average Bonchev–Trinajstić information content (AvgIpc) is 1.69. The maximum absolute atomic E-state index is 2.17. The molecule has 0 fully saturated rings. The summed E-state index contributed by atoms with van der Waals surface area (Å²) in [7, 11) is 0. The van der Waals surface area contributed by atoms with Crippen molar-refractivity contribution in [1.29, 1.82) is 0 Å². The molecule has 0 N–H and O–H groups in total. The van der Waals surface area contributed by atoms with Crippen molar-refractivity contribution < 1.29 is 0 Å². The van der Waals surface area contributed by atoms with Crippen molar-refractivity contribution in [1.82, 2.24) is 0 Å². The predicted molar refractivity (Wildman–Crippen MR) is 37.8 cm³/mol. The highest BCUT2D eigenvalue weighted by molar-refractivity contribution is 7.99. The van der Waals surface area contributed by atoms with Crippen LogP contribution in [0.4, 0.5) is 0 Å². The zero-order chi connectivity index (χ0) is 5.54. The van der Waals surface area contributed by atoms with E-state index >= 15 is 0 Å². The number of rotatable bonds is 3. The van der Waals surface area contributed by atoms with Gasteiger partial charge in [-0.2, -0.15) is 11.8 Å². The fourth-order valence-electron chi connectivity index (χ4n) is 0.282. The van der Waals surface area contributed by atoms with Gasteiger partial charge in [-0.1, -0.05) is 19.1 Å². The molecule has 1 heteroatoms. The first-order valence-corrected chi connectivity index (χ1v) is 3.76. The van der Waals surface area contributed by atoms with Crippen LogP contribution in [0.5, 0.6) is 0 Å². The van der Waals surface area contributed by atoms with Gasteiger partial charge in [0.05, 0.1) is 0 Å². The Labute approximate surface area is 50.0 Å². The van der Waals surface area contributed by atoms with Crippen molar-refractivity contribution in [3.05, 3.63) is 12.2 Å². The Bertz CT molecular complexity index is 48.1. The molecule has 0 aliphatic carbocycles. The molecule has 0 unspecified atom stereocenters. The first kappa shape index (κ1) is 7.09. The van der Waals surface area contributed by atoms with Gasteiger partial charge >= 0.3 is 0 Å². The second kappa shape index (κ2) is 6.09. The summed E-state index contributed by atoms with van der Waals surface area (Å²) in [5, 5.41) is 0. The molecule has 0 aromatic carbocycles. The third-order valence-corrected chi connectivity index (χ3v) is 1.49. The van der Waals surface area contributed by atoms with Crippen molar-refractivity contribution in [3.63, 3.8) is 0 Å². The third-order valence-electron chi connectivity index (χ3n) is 0.654. The van der Waals surface area contributed by atoms with Gasteiger partial charge in [0.25, 0.3) is 0 Å². The van der Waals surface area contributed by atoms with Gasteiger partial charge in [-0.25, -0.2) is 0 Å². The van der Waals surface area contributed by atoms with Gasteiger partial charge in [0.1, 0.15) is 0 Å². The molecule has 0 heterocycles. The maximum Gasteiger partial charge on any atom is 0.0113 e. The molecule has 0 atom stereocenters. The highest BCUT2D eigenvalue weighted by Crippen LogP contribution is 1.96. The molecule has 7 heavy (non-hydrogen) atoms. The lowest BCUT2D eigenvalue weighted by atomic mass is 10.6. The lowest BCUT2D eigenvalue weighted by molar-refractivity contribution is 1.51. The molecular weight excluding hydrogens is 104 g/mol. The van der Waals surface area contributed by atoms with Crippen LogP contribution in [0, 0.1) is 0 Å². The van der Waals surface area contributed by atoms with Crippen molar-refractivity contribution in [2.75, 3.05) is 11.5 Å². The fraction of sp³-hybridized carbons (Fsp3) is 0.667. The van der Waals surface area contributed by atoms with E-state index in [1.807, 2.05) is 11.8 Å². The fourth-order valence-corrected chi connectivity index (χ4v) is 0.846. The molecule has 0 aromatic rings. The zero-order valence-corrected chi connectivity index (χ0v) is 5.79. The first-order chi connectivity index (χ1) is 3.41. The predicted octanol–water partition coefficient (Wildman–Crippen LogP) is 2.32. The van der Waals surface area contributed by atoms with E-state index in [1.54, 1.807) is 0 Å². The summed E-state index contributed by atoms with van der Waals surface area (Å²) in [5.74, 6) is 2.40. The average molecular weight is 116 g/mol. The van der Waals surface area contributed by atoms with E-state index in [0.29, 0.717) is 0 Å². The Hall–Kier alpha value is 0.0900. The first-order valence-electron chi connectivity index (χ1n) is 2.60. The minimum absolute atomic E-state index is 1.17. The van der Waals surface area contributed by atoms with E-state index < -0.39 is 0 Å². The molecule has 0 radical (unpaired) electrons. The summed E-state index contributed by atoms with van der Waals surface area (Å²) in [6, 6.07) is 0. The monoisotopic (exact) mass is 116 g/mol. The van der Waals surface area contributed by atoms with Crippen molar-refractivity contribution in [3.8, 4) is 0 Å². The number of thioether (sulfide) groups is 1. The van der Waals surface area contributed by atoms with Gasteiger partial charge in [0.15, 0.2) is 0 Å². The quantitative estimate of drug-likeness (QED) is 0.403. The normalized spacial score (nSPS) is 10.6.